The topological polar surface area (TPSA) is 94.2 Å². The van der Waals surface area contributed by atoms with Crippen LogP contribution in [0.1, 0.15) is 49.8 Å². The van der Waals surface area contributed by atoms with E-state index >= 15 is 0 Å². The van der Waals surface area contributed by atoms with Crippen molar-refractivity contribution in [3.8, 4) is 17.2 Å². The van der Waals surface area contributed by atoms with Crippen molar-refractivity contribution in [2.24, 2.45) is 0 Å². The van der Waals surface area contributed by atoms with Crippen LogP contribution in [-0.2, 0) is 9.59 Å². The molecule has 8 nitrogen and oxygen atoms in total. The Hall–Kier alpha value is -4.30. The molecule has 1 heterocycles. The van der Waals surface area contributed by atoms with Crippen molar-refractivity contribution < 1.29 is 28.6 Å². The third kappa shape index (κ3) is 7.08. The lowest BCUT2D eigenvalue weighted by molar-refractivity contribution is -0.122. The first-order chi connectivity index (χ1) is 19.7. The molecule has 0 aliphatic carbocycles. The molecule has 0 saturated carbocycles. The SMILES string of the molecule is CCOc1cc(/C=C2/C(=O)NC(=O)N(c3ccc(C)cc3)C2=O)cc(Cl)c1OCCOc1ccc(C(C)CC)cc1. The fourth-order valence-electron chi connectivity index (χ4n) is 4.26. The van der Waals surface area contributed by atoms with Gasteiger partial charge >= 0.3 is 6.03 Å². The number of nitrogens with one attached hydrogen (secondary N) is 1. The molecule has 0 spiro atoms. The van der Waals surface area contributed by atoms with Gasteiger partial charge in [0, 0.05) is 0 Å². The lowest BCUT2D eigenvalue weighted by Crippen LogP contribution is -2.54. The summed E-state index contributed by atoms with van der Waals surface area (Å²) in [6.07, 6.45) is 2.44. The van der Waals surface area contributed by atoms with E-state index in [-0.39, 0.29) is 23.8 Å². The molecule has 1 saturated heterocycles. The van der Waals surface area contributed by atoms with Gasteiger partial charge in [0.05, 0.1) is 17.3 Å². The maximum Gasteiger partial charge on any atom is 0.335 e. The number of aryl methyl sites for hydroxylation is 1. The Morgan fingerprint density at radius 1 is 0.927 bits per heavy atom. The highest BCUT2D eigenvalue weighted by Gasteiger charge is 2.36. The molecule has 9 heteroatoms. The van der Waals surface area contributed by atoms with Crippen molar-refractivity contribution >= 4 is 41.2 Å². The Balaban J connectivity index is 1.49. The van der Waals surface area contributed by atoms with Crippen LogP contribution in [0.5, 0.6) is 17.2 Å². The Kier molecular flexibility index (Phi) is 9.68. The standard InChI is InChI=1S/C32H33ClN2O6/c1-5-21(4)23-9-13-25(14-10-23)40-15-16-41-29-27(33)18-22(19-28(29)39-6-2)17-26-30(36)34-32(38)35(31(26)37)24-11-7-20(3)8-12-24/h7-14,17-19,21H,5-6,15-16H2,1-4H3,(H,34,36,38)/b26-17-. The molecule has 1 fully saturated rings. The van der Waals surface area contributed by atoms with Gasteiger partial charge in [-0.2, -0.15) is 0 Å². The van der Waals surface area contributed by atoms with E-state index in [1.54, 1.807) is 36.4 Å². The maximum atomic E-state index is 13.2. The van der Waals surface area contributed by atoms with Crippen molar-refractivity contribution in [2.75, 3.05) is 24.7 Å². The minimum absolute atomic E-state index is 0.210. The van der Waals surface area contributed by atoms with E-state index in [2.05, 4.69) is 31.3 Å². The van der Waals surface area contributed by atoms with Crippen molar-refractivity contribution in [3.63, 3.8) is 0 Å². The second-order valence-corrected chi connectivity index (χ2v) is 10.0. The van der Waals surface area contributed by atoms with Gasteiger partial charge in [-0.15, -0.1) is 0 Å². The lowest BCUT2D eigenvalue weighted by atomic mass is 9.99. The fraction of sp³-hybridized carbons (Fsp3) is 0.281. The number of benzene rings is 3. The minimum atomic E-state index is -0.813. The number of ether oxygens (including phenoxy) is 3. The van der Waals surface area contributed by atoms with Crippen molar-refractivity contribution in [1.82, 2.24) is 5.32 Å². The van der Waals surface area contributed by atoms with Crippen LogP contribution in [0.25, 0.3) is 6.08 Å². The molecule has 1 N–H and O–H groups in total. The summed E-state index contributed by atoms with van der Waals surface area (Å²) < 4.78 is 17.5. The number of hydrogen-bond donors (Lipinski definition) is 1. The third-order valence-electron chi connectivity index (χ3n) is 6.70. The average Bonchev–Trinajstić information content (AvgIpc) is 2.95. The van der Waals surface area contributed by atoms with Crippen molar-refractivity contribution in [3.05, 3.63) is 87.9 Å². The highest BCUT2D eigenvalue weighted by molar-refractivity contribution is 6.39. The van der Waals surface area contributed by atoms with Crippen LogP contribution in [0.2, 0.25) is 5.02 Å². The molecular weight excluding hydrogens is 544 g/mol. The number of amides is 4. The van der Waals surface area contributed by atoms with Gasteiger partial charge in [-0.25, -0.2) is 9.69 Å². The molecule has 1 unspecified atom stereocenters. The molecule has 0 bridgehead atoms. The van der Waals surface area contributed by atoms with Gasteiger partial charge in [-0.3, -0.25) is 14.9 Å². The van der Waals surface area contributed by atoms with Gasteiger partial charge in [0.25, 0.3) is 11.8 Å². The monoisotopic (exact) mass is 576 g/mol. The number of nitrogens with zero attached hydrogens (tertiary/aromatic N) is 1. The second kappa shape index (κ2) is 13.4. The molecule has 41 heavy (non-hydrogen) atoms. The average molecular weight is 577 g/mol. The summed E-state index contributed by atoms with van der Waals surface area (Å²) in [6, 6.07) is 17.2. The van der Waals surface area contributed by atoms with Gasteiger partial charge in [0.1, 0.15) is 24.5 Å². The number of hydrogen-bond acceptors (Lipinski definition) is 6. The number of urea groups is 1. The van der Waals surface area contributed by atoms with Gasteiger partial charge in [-0.05, 0) is 79.8 Å². The number of rotatable bonds is 11. The number of carbonyl (C=O) groups excluding carboxylic acids is 3. The molecule has 0 aromatic heterocycles. The first kappa shape index (κ1) is 29.7. The molecule has 214 valence electrons. The van der Waals surface area contributed by atoms with E-state index in [1.165, 1.54) is 11.6 Å². The molecule has 1 aliphatic rings. The van der Waals surface area contributed by atoms with Crippen LogP contribution in [-0.4, -0.2) is 37.7 Å². The summed E-state index contributed by atoms with van der Waals surface area (Å²) >= 11 is 6.55. The minimum Gasteiger partial charge on any atom is -0.490 e. The molecular formula is C32H33ClN2O6. The van der Waals surface area contributed by atoms with Crippen molar-refractivity contribution in [1.29, 1.82) is 0 Å². The zero-order valence-electron chi connectivity index (χ0n) is 23.5. The number of barbiturate groups is 1. The summed E-state index contributed by atoms with van der Waals surface area (Å²) in [6.45, 7) is 8.89. The normalized spacial score (nSPS) is 15.1. The number of halogens is 1. The van der Waals surface area contributed by atoms with E-state index in [9.17, 15) is 14.4 Å². The highest BCUT2D eigenvalue weighted by Crippen LogP contribution is 2.37. The van der Waals surface area contributed by atoms with Crippen LogP contribution in [0, 0.1) is 6.92 Å². The predicted octanol–water partition coefficient (Wildman–Crippen LogP) is 6.68. The van der Waals surface area contributed by atoms with Gasteiger partial charge < -0.3 is 14.2 Å². The van der Waals surface area contributed by atoms with Gasteiger partial charge in [0.2, 0.25) is 0 Å². The molecule has 4 amide bonds. The predicted molar refractivity (Wildman–Crippen MR) is 159 cm³/mol. The summed E-state index contributed by atoms with van der Waals surface area (Å²) in [5, 5.41) is 2.46. The molecule has 4 rings (SSSR count). The Morgan fingerprint density at radius 3 is 2.27 bits per heavy atom. The van der Waals surface area contributed by atoms with Crippen LogP contribution in [0.4, 0.5) is 10.5 Å². The number of carbonyl (C=O) groups is 3. The van der Waals surface area contributed by atoms with Gasteiger partial charge in [-0.1, -0.05) is 55.3 Å². The number of anilines is 1. The Bertz CT molecular complexity index is 1450. The number of imide groups is 2. The lowest BCUT2D eigenvalue weighted by Gasteiger charge is -2.26. The smallest absolute Gasteiger partial charge is 0.335 e. The fourth-order valence-corrected chi connectivity index (χ4v) is 4.53. The van der Waals surface area contributed by atoms with E-state index in [1.807, 2.05) is 26.0 Å². The van der Waals surface area contributed by atoms with Crippen molar-refractivity contribution in [2.45, 2.75) is 40.0 Å². The summed E-state index contributed by atoms with van der Waals surface area (Å²) in [5.41, 5.74) is 2.79. The molecule has 3 aromatic rings. The quantitative estimate of drug-likeness (QED) is 0.155. The van der Waals surface area contributed by atoms with Crippen LogP contribution < -0.4 is 24.4 Å². The molecule has 1 aliphatic heterocycles. The molecule has 1 atom stereocenters. The highest BCUT2D eigenvalue weighted by atomic mass is 35.5. The molecule has 3 aromatic carbocycles. The summed E-state index contributed by atoms with van der Waals surface area (Å²) in [5.74, 6) is 0.360. The Morgan fingerprint density at radius 2 is 1.61 bits per heavy atom. The van der Waals surface area contributed by atoms with E-state index < -0.39 is 17.8 Å². The second-order valence-electron chi connectivity index (χ2n) is 9.63. The zero-order valence-corrected chi connectivity index (χ0v) is 24.3. The maximum absolute atomic E-state index is 13.2. The molecule has 0 radical (unpaired) electrons. The zero-order chi connectivity index (χ0) is 29.5. The van der Waals surface area contributed by atoms with E-state index in [0.717, 1.165) is 22.6 Å². The van der Waals surface area contributed by atoms with E-state index in [4.69, 9.17) is 25.8 Å². The third-order valence-corrected chi connectivity index (χ3v) is 6.98. The first-order valence-corrected chi connectivity index (χ1v) is 13.9. The Labute approximate surface area is 244 Å². The van der Waals surface area contributed by atoms with E-state index in [0.29, 0.717) is 35.3 Å². The van der Waals surface area contributed by atoms with Gasteiger partial charge in [0.15, 0.2) is 11.5 Å². The largest absolute Gasteiger partial charge is 0.490 e. The summed E-state index contributed by atoms with van der Waals surface area (Å²) in [7, 11) is 0. The van der Waals surface area contributed by atoms with Crippen LogP contribution in [0.3, 0.4) is 0 Å². The first-order valence-electron chi connectivity index (χ1n) is 13.5. The van der Waals surface area contributed by atoms with Crippen LogP contribution >= 0.6 is 11.6 Å². The summed E-state index contributed by atoms with van der Waals surface area (Å²) in [4.78, 5) is 39.3. The van der Waals surface area contributed by atoms with Crippen LogP contribution in [0.15, 0.2) is 66.2 Å².